The molecule has 3 heterocycles. The Kier molecular flexibility index (Phi) is 36.8. The number of aliphatic hydroxyl groups is 1. The van der Waals surface area contributed by atoms with Crippen LogP contribution in [0.2, 0.25) is 0 Å². The first-order valence-corrected chi connectivity index (χ1v) is 45.1. The van der Waals surface area contributed by atoms with Gasteiger partial charge in [-0.15, -0.1) is 0 Å². The summed E-state index contributed by atoms with van der Waals surface area (Å²) in [6, 6.07) is 107. The number of aliphatic hydroxyl groups excluding tert-OH is 1. The lowest BCUT2D eigenvalue weighted by atomic mass is 9.84. The molecule has 12 aromatic carbocycles. The van der Waals surface area contributed by atoms with Crippen molar-refractivity contribution in [2.24, 2.45) is 16.2 Å². The summed E-state index contributed by atoms with van der Waals surface area (Å²) >= 11 is 0. The van der Waals surface area contributed by atoms with Gasteiger partial charge >= 0.3 is 0 Å². The number of para-hydroxylation sites is 3. The molecule has 3 saturated heterocycles. The Hall–Kier alpha value is -10.7. The Bertz CT molecular complexity index is 4760. The van der Waals surface area contributed by atoms with Crippen molar-refractivity contribution in [1.29, 1.82) is 0 Å². The van der Waals surface area contributed by atoms with Crippen LogP contribution in [0.4, 0.5) is 85.8 Å². The van der Waals surface area contributed by atoms with Gasteiger partial charge in [0.25, 0.3) is 0 Å². The van der Waals surface area contributed by atoms with Crippen molar-refractivity contribution >= 4 is 68.2 Å². The molecular formula is C110H126F4N4O7. The largest absolute Gasteiger partial charge is 0.400 e. The molecule has 11 nitrogen and oxygen atoms in total. The summed E-state index contributed by atoms with van der Waals surface area (Å²) in [4.78, 5) is 8.98. The fourth-order valence-electron chi connectivity index (χ4n) is 16.2. The molecule has 3 fully saturated rings. The van der Waals surface area contributed by atoms with Crippen molar-refractivity contribution in [2.75, 3.05) is 113 Å². The van der Waals surface area contributed by atoms with Gasteiger partial charge in [-0.1, -0.05) is 199 Å². The Balaban J connectivity index is 0.000000223. The van der Waals surface area contributed by atoms with Gasteiger partial charge in [0, 0.05) is 111 Å². The molecule has 1 N–H and O–H groups in total. The molecule has 0 amide bonds. The quantitative estimate of drug-likeness (QED) is 0.0293. The third-order valence-corrected chi connectivity index (χ3v) is 24.4. The smallest absolute Gasteiger partial charge is 0.229 e. The fraction of sp³-hybridized carbons (Fsp3) is 0.345. The van der Waals surface area contributed by atoms with Gasteiger partial charge in [-0.25, -0.2) is 17.6 Å². The summed E-state index contributed by atoms with van der Waals surface area (Å²) in [5, 5.41) is 7.00. The van der Waals surface area contributed by atoms with Gasteiger partial charge in [-0.3, -0.25) is 0 Å². The predicted molar refractivity (Wildman–Crippen MR) is 507 cm³/mol. The van der Waals surface area contributed by atoms with E-state index in [-0.39, 0.29) is 27.9 Å². The standard InChI is InChI=1S/C60H70F2N2O4.C48H50N2O2.CH2F2.CH4O/c1-3-59(43-67-44-59)41-65-39-11-7-5-9-13-47-15-27-53(28-16-47)63(57-35-23-51(61)24-36-57)55-31-19-49(20-32-55)50-21-33-56(34-22-50)64(58-37-25-52(62)26-38-58)54-29-17-48(18-30-54)14-10-6-8-12-40-66-42-60(4-2)45-68-46-60;1-2-48(37-52-38-48)36-51-35-15-4-3-8-16-39-23-29-45(30-24-39)50(44-21-13-7-14-22-44)47-33-27-41(28-34-47)40-25-31-46(32-26-40)49(42-17-9-5-10-18-42)43-19-11-6-12-20-43;2-1-3;1-2/h15-38H,3-14,39-46H2,1-2H3;5-7,9-14,17-34H,2-4,8,15-16,35-38H2,1H3;1H2;2H,1H3. The number of nitrogens with zero attached hydrogens (tertiary/aromatic N) is 4. The van der Waals surface area contributed by atoms with Crippen LogP contribution in [-0.2, 0) is 47.7 Å². The lowest BCUT2D eigenvalue weighted by Crippen LogP contribution is -2.45. The molecular weight excluding hydrogens is 1570 g/mol. The van der Waals surface area contributed by atoms with Gasteiger partial charge in [-0.2, -0.15) is 0 Å². The van der Waals surface area contributed by atoms with E-state index >= 15 is 0 Å². The van der Waals surface area contributed by atoms with Crippen molar-refractivity contribution in [3.05, 3.63) is 338 Å². The Morgan fingerprint density at radius 2 is 0.440 bits per heavy atom. The molecule has 0 spiro atoms. The SMILES string of the molecule is CCC1(COCCCCCCc2ccc(N(c3ccc(F)cc3)c3ccc(-c4ccc(N(c5ccc(F)cc5)c5ccc(CCCCCCOCC6(CC)COC6)cc5)cc4)cc3)cc2)COC1.CCC1(COCCCCCCc2ccc(N(c3ccccc3)c3ccc(-c4ccc(N(c5ccccc5)c5ccccc5)cc4)cc3)cc2)COC1.CO.FCF. The van der Waals surface area contributed by atoms with Gasteiger partial charge < -0.3 is 53.1 Å². The second-order valence-electron chi connectivity index (χ2n) is 33.3. The Morgan fingerprint density at radius 3 is 0.632 bits per heavy atom. The van der Waals surface area contributed by atoms with Crippen LogP contribution in [0.15, 0.2) is 309 Å². The third kappa shape index (κ3) is 26.9. The van der Waals surface area contributed by atoms with Gasteiger partial charge in [0.2, 0.25) is 6.93 Å². The number of ether oxygens (including phenoxy) is 6. The molecule has 3 aliphatic rings. The van der Waals surface area contributed by atoms with Crippen LogP contribution in [0.3, 0.4) is 0 Å². The molecule has 0 bridgehead atoms. The van der Waals surface area contributed by atoms with Crippen LogP contribution < -0.4 is 19.6 Å². The number of alkyl halides is 2. The predicted octanol–water partition coefficient (Wildman–Crippen LogP) is 29.0. The maximum Gasteiger partial charge on any atom is 0.229 e. The van der Waals surface area contributed by atoms with E-state index in [0.29, 0.717) is 0 Å². The molecule has 0 aromatic heterocycles. The minimum atomic E-state index is -1.75. The van der Waals surface area contributed by atoms with Crippen LogP contribution in [0.1, 0.15) is 134 Å². The summed E-state index contributed by atoms with van der Waals surface area (Å²) < 4.78 is 81.7. The van der Waals surface area contributed by atoms with Gasteiger partial charge in [0.05, 0.1) is 59.5 Å². The molecule has 0 atom stereocenters. The monoisotopic (exact) mass is 1690 g/mol. The van der Waals surface area contributed by atoms with E-state index in [4.69, 9.17) is 33.5 Å². The average Bonchev–Trinajstić information content (AvgIpc) is 0.805. The number of hydrogen-bond acceptors (Lipinski definition) is 11. The minimum Gasteiger partial charge on any atom is -0.400 e. The topological polar surface area (TPSA) is 88.6 Å². The first-order valence-electron chi connectivity index (χ1n) is 45.1. The van der Waals surface area contributed by atoms with Crippen molar-refractivity contribution < 1.29 is 51.1 Å². The van der Waals surface area contributed by atoms with Crippen molar-refractivity contribution in [3.8, 4) is 22.3 Å². The van der Waals surface area contributed by atoms with Gasteiger partial charge in [0.1, 0.15) is 11.6 Å². The molecule has 0 saturated carbocycles. The highest BCUT2D eigenvalue weighted by Gasteiger charge is 2.39. The number of aryl methyl sites for hydroxylation is 3. The molecule has 0 aliphatic carbocycles. The van der Waals surface area contributed by atoms with E-state index in [1.54, 1.807) is 0 Å². The van der Waals surface area contributed by atoms with E-state index in [2.05, 4.69) is 301 Å². The second kappa shape index (κ2) is 49.3. The highest BCUT2D eigenvalue weighted by atomic mass is 19.3. The molecule has 15 rings (SSSR count). The highest BCUT2D eigenvalue weighted by Crippen LogP contribution is 2.43. The number of benzene rings is 12. The Labute approximate surface area is 740 Å². The lowest BCUT2D eigenvalue weighted by molar-refractivity contribution is -0.150. The molecule has 3 aliphatic heterocycles. The van der Waals surface area contributed by atoms with E-state index in [0.717, 1.165) is 236 Å². The normalized spacial score (nSPS) is 13.8. The summed E-state index contributed by atoms with van der Waals surface area (Å²) in [6.07, 6.45) is 20.5. The van der Waals surface area contributed by atoms with Crippen LogP contribution in [0, 0.1) is 27.9 Å². The molecule has 0 radical (unpaired) electrons. The lowest BCUT2D eigenvalue weighted by Gasteiger charge is -2.40. The maximum atomic E-state index is 14.1. The number of anilines is 12. The Morgan fingerprint density at radius 1 is 0.256 bits per heavy atom. The summed E-state index contributed by atoms with van der Waals surface area (Å²) in [6.45, 7) is 15.0. The number of halogens is 4. The molecule has 125 heavy (non-hydrogen) atoms. The van der Waals surface area contributed by atoms with Crippen LogP contribution >= 0.6 is 0 Å². The molecule has 656 valence electrons. The van der Waals surface area contributed by atoms with E-state index in [1.807, 2.05) is 24.3 Å². The first-order chi connectivity index (χ1) is 61.5. The van der Waals surface area contributed by atoms with Crippen LogP contribution in [0.25, 0.3) is 22.3 Å². The summed E-state index contributed by atoms with van der Waals surface area (Å²) in [5.41, 5.74) is 22.0. The zero-order valence-corrected chi connectivity index (χ0v) is 73.6. The maximum absolute atomic E-state index is 14.1. The molecule has 0 unspecified atom stereocenters. The number of unbranched alkanes of at least 4 members (excludes halogenated alkanes) is 9. The van der Waals surface area contributed by atoms with Crippen LogP contribution in [0.5, 0.6) is 0 Å². The summed E-state index contributed by atoms with van der Waals surface area (Å²) in [5.74, 6) is -0.525. The summed E-state index contributed by atoms with van der Waals surface area (Å²) in [7, 11) is 1.00. The van der Waals surface area contributed by atoms with Crippen LogP contribution in [-0.4, -0.2) is 98.4 Å². The van der Waals surface area contributed by atoms with Crippen molar-refractivity contribution in [2.45, 2.75) is 136 Å². The fourth-order valence-corrected chi connectivity index (χ4v) is 16.2. The van der Waals surface area contributed by atoms with E-state index in [1.165, 1.54) is 97.0 Å². The second-order valence-corrected chi connectivity index (χ2v) is 33.3. The average molecular weight is 1690 g/mol. The minimum absolute atomic E-state index is 0.254. The molecule has 15 heteroatoms. The number of rotatable bonds is 44. The van der Waals surface area contributed by atoms with E-state index < -0.39 is 6.93 Å². The van der Waals surface area contributed by atoms with Gasteiger partial charge in [0.15, 0.2) is 0 Å². The number of hydrogen-bond donors (Lipinski definition) is 1. The van der Waals surface area contributed by atoms with Crippen molar-refractivity contribution in [3.63, 3.8) is 0 Å². The molecule has 12 aromatic rings. The third-order valence-electron chi connectivity index (χ3n) is 24.4. The van der Waals surface area contributed by atoms with Crippen molar-refractivity contribution in [1.82, 2.24) is 0 Å². The first kappa shape index (κ1) is 93.4. The van der Waals surface area contributed by atoms with E-state index in [9.17, 15) is 17.6 Å². The zero-order chi connectivity index (χ0) is 87.2. The van der Waals surface area contributed by atoms with Gasteiger partial charge in [-0.05, 0) is 286 Å². The zero-order valence-electron chi connectivity index (χ0n) is 73.6. The highest BCUT2D eigenvalue weighted by molar-refractivity contribution is 5.83.